The van der Waals surface area contributed by atoms with Crippen LogP contribution >= 0.6 is 11.6 Å². The molecular weight excluding hydrogens is 260 g/mol. The number of carbonyl (C=O) groups is 1. The fraction of sp³-hybridized carbons (Fsp3) is 0.0625. The maximum absolute atomic E-state index is 12.0. The molecule has 0 heterocycles. The van der Waals surface area contributed by atoms with Crippen LogP contribution in [0.3, 0.4) is 0 Å². The van der Waals surface area contributed by atoms with E-state index in [0.29, 0.717) is 10.6 Å². The summed E-state index contributed by atoms with van der Waals surface area (Å²) in [5.74, 6) is 0.640. The Bertz CT molecular complexity index is 618. The molecule has 2 nitrogen and oxygen atoms in total. The average Bonchev–Trinajstić information content (AvgIpc) is 2.45. The van der Waals surface area contributed by atoms with E-state index in [1.54, 1.807) is 37.5 Å². The number of allylic oxidation sites excluding steroid dienone is 1. The van der Waals surface area contributed by atoms with Crippen LogP contribution in [0, 0.1) is 0 Å². The Balaban J connectivity index is 2.18. The van der Waals surface area contributed by atoms with Crippen LogP contribution in [0.15, 0.2) is 54.6 Å². The highest BCUT2D eigenvalue weighted by Gasteiger charge is 2.05. The lowest BCUT2D eigenvalue weighted by Crippen LogP contribution is -1.94. The third-order valence-electron chi connectivity index (χ3n) is 2.66. The largest absolute Gasteiger partial charge is 0.497 e. The van der Waals surface area contributed by atoms with Crippen molar-refractivity contribution in [1.29, 1.82) is 0 Å². The number of methoxy groups -OCH3 is 1. The molecule has 0 saturated carbocycles. The Labute approximate surface area is 117 Å². The number of ketones is 1. The minimum atomic E-state index is -0.117. The zero-order chi connectivity index (χ0) is 13.7. The van der Waals surface area contributed by atoms with E-state index in [1.165, 1.54) is 6.08 Å². The van der Waals surface area contributed by atoms with Crippen LogP contribution in [0.4, 0.5) is 0 Å². The van der Waals surface area contributed by atoms with Gasteiger partial charge in [-0.1, -0.05) is 41.9 Å². The fourth-order valence-electron chi connectivity index (χ4n) is 1.67. The molecule has 0 aliphatic heterocycles. The van der Waals surface area contributed by atoms with Crippen molar-refractivity contribution in [3.63, 3.8) is 0 Å². The molecule has 0 N–H and O–H groups in total. The van der Waals surface area contributed by atoms with Gasteiger partial charge >= 0.3 is 0 Å². The summed E-state index contributed by atoms with van der Waals surface area (Å²) in [5.41, 5.74) is 1.41. The molecule has 3 heteroatoms. The number of halogens is 1. The van der Waals surface area contributed by atoms with Crippen molar-refractivity contribution in [2.24, 2.45) is 0 Å². The van der Waals surface area contributed by atoms with Gasteiger partial charge in [0.1, 0.15) is 5.75 Å². The molecule has 0 atom stereocenters. The van der Waals surface area contributed by atoms with E-state index >= 15 is 0 Å². The summed E-state index contributed by atoms with van der Waals surface area (Å²) >= 11 is 5.97. The van der Waals surface area contributed by atoms with Crippen molar-refractivity contribution in [3.05, 3.63) is 70.8 Å². The summed E-state index contributed by atoms with van der Waals surface area (Å²) in [6.07, 6.45) is 3.25. The van der Waals surface area contributed by atoms with E-state index in [4.69, 9.17) is 16.3 Å². The van der Waals surface area contributed by atoms with E-state index in [-0.39, 0.29) is 5.78 Å². The highest BCUT2D eigenvalue weighted by atomic mass is 35.5. The van der Waals surface area contributed by atoms with Crippen molar-refractivity contribution in [3.8, 4) is 5.75 Å². The maximum Gasteiger partial charge on any atom is 0.187 e. The minimum absolute atomic E-state index is 0.117. The fourth-order valence-corrected chi connectivity index (χ4v) is 1.90. The number of hydrogen-bond donors (Lipinski definition) is 0. The van der Waals surface area contributed by atoms with Crippen LogP contribution in [0.2, 0.25) is 5.02 Å². The van der Waals surface area contributed by atoms with Gasteiger partial charge in [-0.2, -0.15) is 0 Å². The summed E-state index contributed by atoms with van der Waals surface area (Å²) in [6, 6.07) is 14.5. The second-order valence-electron chi connectivity index (χ2n) is 3.95. The molecule has 0 aliphatic carbocycles. The van der Waals surface area contributed by atoms with E-state index in [2.05, 4.69) is 0 Å². The second-order valence-corrected chi connectivity index (χ2v) is 4.36. The lowest BCUT2D eigenvalue weighted by atomic mass is 10.1. The Morgan fingerprint density at radius 1 is 1.16 bits per heavy atom. The van der Waals surface area contributed by atoms with Crippen LogP contribution in [0.25, 0.3) is 6.08 Å². The van der Waals surface area contributed by atoms with Crippen LogP contribution < -0.4 is 4.74 Å². The van der Waals surface area contributed by atoms with E-state index in [0.717, 1.165) is 11.3 Å². The zero-order valence-corrected chi connectivity index (χ0v) is 11.2. The highest BCUT2D eigenvalue weighted by molar-refractivity contribution is 6.34. The van der Waals surface area contributed by atoms with Gasteiger partial charge < -0.3 is 4.74 Å². The Morgan fingerprint density at radius 3 is 2.68 bits per heavy atom. The molecule has 0 bridgehead atoms. The SMILES string of the molecule is COc1cccc(/C=C/C(=O)c2ccccc2Cl)c1. The maximum atomic E-state index is 12.0. The van der Waals surface area contributed by atoms with Crippen molar-refractivity contribution < 1.29 is 9.53 Å². The number of hydrogen-bond acceptors (Lipinski definition) is 2. The number of rotatable bonds is 4. The monoisotopic (exact) mass is 272 g/mol. The first-order chi connectivity index (χ1) is 9.20. The molecule has 0 radical (unpaired) electrons. The lowest BCUT2D eigenvalue weighted by Gasteiger charge is -2.01. The van der Waals surface area contributed by atoms with Crippen LogP contribution in [0.5, 0.6) is 5.75 Å². The Hall–Kier alpha value is -2.06. The van der Waals surface area contributed by atoms with Gasteiger partial charge in [-0.25, -0.2) is 0 Å². The second kappa shape index (κ2) is 6.21. The lowest BCUT2D eigenvalue weighted by molar-refractivity contribution is 0.104. The summed E-state index contributed by atoms with van der Waals surface area (Å²) in [6.45, 7) is 0. The standard InChI is InChI=1S/C16H13ClO2/c1-19-13-6-4-5-12(11-13)9-10-16(18)14-7-2-3-8-15(14)17/h2-11H,1H3/b10-9+. The number of benzene rings is 2. The molecule has 96 valence electrons. The smallest absolute Gasteiger partial charge is 0.187 e. The van der Waals surface area contributed by atoms with Gasteiger partial charge in [0, 0.05) is 5.56 Å². The van der Waals surface area contributed by atoms with Crippen molar-refractivity contribution in [2.75, 3.05) is 7.11 Å². The van der Waals surface area contributed by atoms with Crippen LogP contribution in [-0.4, -0.2) is 12.9 Å². The predicted octanol–water partition coefficient (Wildman–Crippen LogP) is 4.24. The quantitative estimate of drug-likeness (QED) is 0.614. The molecule has 0 fully saturated rings. The number of carbonyl (C=O) groups excluding carboxylic acids is 1. The summed E-state index contributed by atoms with van der Waals surface area (Å²) in [7, 11) is 1.61. The Morgan fingerprint density at radius 2 is 1.95 bits per heavy atom. The molecule has 0 unspecified atom stereocenters. The molecule has 0 aliphatic rings. The van der Waals surface area contributed by atoms with E-state index in [9.17, 15) is 4.79 Å². The van der Waals surface area contributed by atoms with E-state index < -0.39 is 0 Å². The van der Waals surface area contributed by atoms with Crippen molar-refractivity contribution in [1.82, 2.24) is 0 Å². The molecule has 0 spiro atoms. The minimum Gasteiger partial charge on any atom is -0.497 e. The average molecular weight is 273 g/mol. The van der Waals surface area contributed by atoms with Gasteiger partial charge in [-0.3, -0.25) is 4.79 Å². The van der Waals surface area contributed by atoms with Gasteiger partial charge in [0.25, 0.3) is 0 Å². The number of ether oxygens (including phenoxy) is 1. The highest BCUT2D eigenvalue weighted by Crippen LogP contribution is 2.17. The normalized spacial score (nSPS) is 10.6. The van der Waals surface area contributed by atoms with Crippen molar-refractivity contribution >= 4 is 23.5 Å². The van der Waals surface area contributed by atoms with Gasteiger partial charge in [-0.05, 0) is 35.9 Å². The predicted molar refractivity (Wildman–Crippen MR) is 77.8 cm³/mol. The summed E-state index contributed by atoms with van der Waals surface area (Å²) < 4.78 is 5.13. The first-order valence-corrected chi connectivity index (χ1v) is 6.19. The third-order valence-corrected chi connectivity index (χ3v) is 2.99. The van der Waals surface area contributed by atoms with E-state index in [1.807, 2.05) is 24.3 Å². The van der Waals surface area contributed by atoms with Gasteiger partial charge in [0.15, 0.2) is 5.78 Å². The van der Waals surface area contributed by atoms with Gasteiger partial charge in [-0.15, -0.1) is 0 Å². The molecule has 2 aromatic carbocycles. The third kappa shape index (κ3) is 3.46. The first kappa shape index (κ1) is 13.4. The topological polar surface area (TPSA) is 26.3 Å². The molecule has 2 rings (SSSR count). The molecule has 0 aromatic heterocycles. The summed E-state index contributed by atoms with van der Waals surface area (Å²) in [5, 5.41) is 0.461. The van der Waals surface area contributed by atoms with Crippen LogP contribution in [-0.2, 0) is 0 Å². The molecule has 0 amide bonds. The van der Waals surface area contributed by atoms with Gasteiger partial charge in [0.2, 0.25) is 0 Å². The zero-order valence-electron chi connectivity index (χ0n) is 10.5. The molecular formula is C16H13ClO2. The van der Waals surface area contributed by atoms with Crippen molar-refractivity contribution in [2.45, 2.75) is 0 Å². The Kier molecular flexibility index (Phi) is 4.37. The van der Waals surface area contributed by atoms with Gasteiger partial charge in [0.05, 0.1) is 12.1 Å². The van der Waals surface area contributed by atoms with Crippen LogP contribution in [0.1, 0.15) is 15.9 Å². The molecule has 2 aromatic rings. The molecule has 0 saturated heterocycles. The summed E-state index contributed by atoms with van der Waals surface area (Å²) in [4.78, 5) is 12.0. The first-order valence-electron chi connectivity index (χ1n) is 5.81. The molecule has 19 heavy (non-hydrogen) atoms.